The number of hydrogen-bond acceptors (Lipinski definition) is 3. The van der Waals surface area contributed by atoms with Gasteiger partial charge in [-0.25, -0.2) is 15.0 Å². The van der Waals surface area contributed by atoms with Crippen molar-refractivity contribution in [2.45, 2.75) is 13.3 Å². The number of aryl methyl sites for hydroxylation is 1. The SMILES string of the molecule is Cc1cccc(Cc2nc3ncncc3[nH]2)c1. The highest BCUT2D eigenvalue weighted by Gasteiger charge is 2.04. The second kappa shape index (κ2) is 3.97. The van der Waals surface area contributed by atoms with Gasteiger partial charge in [-0.05, 0) is 12.5 Å². The molecule has 0 unspecified atom stereocenters. The molecule has 0 saturated carbocycles. The first-order chi connectivity index (χ1) is 8.31. The summed E-state index contributed by atoms with van der Waals surface area (Å²) in [7, 11) is 0. The molecule has 0 amide bonds. The highest BCUT2D eigenvalue weighted by Crippen LogP contribution is 2.11. The summed E-state index contributed by atoms with van der Waals surface area (Å²) >= 11 is 0. The lowest BCUT2D eigenvalue weighted by Gasteiger charge is -1.99. The van der Waals surface area contributed by atoms with Gasteiger partial charge in [0.25, 0.3) is 0 Å². The van der Waals surface area contributed by atoms with Crippen molar-refractivity contribution in [1.29, 1.82) is 0 Å². The van der Waals surface area contributed by atoms with Gasteiger partial charge in [0.05, 0.1) is 6.20 Å². The summed E-state index contributed by atoms with van der Waals surface area (Å²) in [5.74, 6) is 0.922. The van der Waals surface area contributed by atoms with Crippen LogP contribution in [0.4, 0.5) is 0 Å². The van der Waals surface area contributed by atoms with Gasteiger partial charge in [0.15, 0.2) is 5.65 Å². The lowest BCUT2D eigenvalue weighted by molar-refractivity contribution is 1.03. The molecule has 0 spiro atoms. The van der Waals surface area contributed by atoms with Gasteiger partial charge in [-0.2, -0.15) is 0 Å². The van der Waals surface area contributed by atoms with Gasteiger partial charge < -0.3 is 4.98 Å². The molecule has 0 fully saturated rings. The number of H-pyrrole nitrogens is 1. The van der Waals surface area contributed by atoms with Crippen molar-refractivity contribution in [1.82, 2.24) is 19.9 Å². The molecule has 0 bridgehead atoms. The standard InChI is InChI=1S/C13H12N4/c1-9-3-2-4-10(5-9)6-12-16-11-7-14-8-15-13(11)17-12/h2-5,7-8H,6H2,1H3,(H,14,15,16,17). The largest absolute Gasteiger partial charge is 0.339 e. The highest BCUT2D eigenvalue weighted by atomic mass is 15.0. The van der Waals surface area contributed by atoms with E-state index in [1.165, 1.54) is 17.5 Å². The van der Waals surface area contributed by atoms with Crippen LogP contribution in [0, 0.1) is 6.92 Å². The summed E-state index contributed by atoms with van der Waals surface area (Å²) in [4.78, 5) is 15.7. The molecule has 0 radical (unpaired) electrons. The van der Waals surface area contributed by atoms with E-state index in [2.05, 4.69) is 51.1 Å². The summed E-state index contributed by atoms with van der Waals surface area (Å²) in [6.45, 7) is 2.09. The van der Waals surface area contributed by atoms with Gasteiger partial charge in [0, 0.05) is 6.42 Å². The van der Waals surface area contributed by atoms with E-state index in [0.29, 0.717) is 0 Å². The van der Waals surface area contributed by atoms with Crippen LogP contribution in [0.2, 0.25) is 0 Å². The fraction of sp³-hybridized carbons (Fsp3) is 0.154. The van der Waals surface area contributed by atoms with E-state index in [9.17, 15) is 0 Å². The first-order valence-corrected chi connectivity index (χ1v) is 5.51. The Labute approximate surface area is 98.8 Å². The molecule has 3 rings (SSSR count). The second-order valence-corrected chi connectivity index (χ2v) is 4.11. The van der Waals surface area contributed by atoms with Gasteiger partial charge in [-0.15, -0.1) is 0 Å². The van der Waals surface area contributed by atoms with Crippen LogP contribution in [0.15, 0.2) is 36.8 Å². The van der Waals surface area contributed by atoms with Crippen LogP contribution in [-0.2, 0) is 6.42 Å². The van der Waals surface area contributed by atoms with Gasteiger partial charge in [-0.1, -0.05) is 29.8 Å². The Balaban J connectivity index is 1.94. The maximum absolute atomic E-state index is 4.43. The third-order valence-electron chi connectivity index (χ3n) is 2.67. The van der Waals surface area contributed by atoms with Gasteiger partial charge in [0.2, 0.25) is 0 Å². The third kappa shape index (κ3) is 2.01. The number of nitrogens with one attached hydrogen (secondary N) is 1. The molecule has 4 nitrogen and oxygen atoms in total. The Hall–Kier alpha value is -2.23. The molecule has 2 aromatic heterocycles. The number of hydrogen-bond donors (Lipinski definition) is 1. The zero-order valence-corrected chi connectivity index (χ0v) is 9.51. The molecule has 1 N–H and O–H groups in total. The van der Waals surface area contributed by atoms with E-state index in [1.807, 2.05) is 0 Å². The van der Waals surface area contributed by atoms with Crippen LogP contribution in [0.25, 0.3) is 11.2 Å². The molecule has 2 heterocycles. The number of rotatable bonds is 2. The number of nitrogens with zero attached hydrogens (tertiary/aromatic N) is 3. The van der Waals surface area contributed by atoms with Gasteiger partial charge in [-0.3, -0.25) is 0 Å². The maximum Gasteiger partial charge on any atom is 0.180 e. The molecular formula is C13H12N4. The quantitative estimate of drug-likeness (QED) is 0.726. The maximum atomic E-state index is 4.43. The minimum atomic E-state index is 0.725. The number of imidazole rings is 1. The van der Waals surface area contributed by atoms with Crippen LogP contribution in [0.1, 0.15) is 17.0 Å². The van der Waals surface area contributed by atoms with E-state index in [4.69, 9.17) is 0 Å². The molecule has 3 aromatic rings. The lowest BCUT2D eigenvalue weighted by atomic mass is 10.1. The molecule has 0 aliphatic carbocycles. The number of benzene rings is 1. The summed E-state index contributed by atoms with van der Waals surface area (Å²) < 4.78 is 0. The normalized spacial score (nSPS) is 10.9. The van der Waals surface area contributed by atoms with E-state index in [1.54, 1.807) is 6.20 Å². The fourth-order valence-corrected chi connectivity index (χ4v) is 1.91. The van der Waals surface area contributed by atoms with Crippen LogP contribution in [-0.4, -0.2) is 19.9 Å². The van der Waals surface area contributed by atoms with Crippen LogP contribution in [0.3, 0.4) is 0 Å². The van der Waals surface area contributed by atoms with Crippen LogP contribution < -0.4 is 0 Å². The monoisotopic (exact) mass is 224 g/mol. The summed E-state index contributed by atoms with van der Waals surface area (Å²) in [5, 5.41) is 0. The van der Waals surface area contributed by atoms with Crippen molar-refractivity contribution in [2.75, 3.05) is 0 Å². The van der Waals surface area contributed by atoms with Crippen molar-refractivity contribution in [3.05, 3.63) is 53.7 Å². The highest BCUT2D eigenvalue weighted by molar-refractivity contribution is 5.68. The first kappa shape index (κ1) is 9.96. The molecule has 0 aliphatic heterocycles. The number of fused-ring (bicyclic) bond motifs is 1. The predicted octanol–water partition coefficient (Wildman–Crippen LogP) is 2.25. The Morgan fingerprint density at radius 1 is 1.29 bits per heavy atom. The fourth-order valence-electron chi connectivity index (χ4n) is 1.91. The summed E-state index contributed by atoms with van der Waals surface area (Å²) in [5.41, 5.74) is 4.12. The van der Waals surface area contributed by atoms with E-state index < -0.39 is 0 Å². The first-order valence-electron chi connectivity index (χ1n) is 5.51. The van der Waals surface area contributed by atoms with Crippen LogP contribution >= 0.6 is 0 Å². The van der Waals surface area contributed by atoms with E-state index in [0.717, 1.165) is 23.4 Å². The molecule has 1 aromatic carbocycles. The Bertz CT molecular complexity index is 624. The second-order valence-electron chi connectivity index (χ2n) is 4.11. The van der Waals surface area contributed by atoms with Crippen molar-refractivity contribution in [3.8, 4) is 0 Å². The van der Waals surface area contributed by atoms with Crippen molar-refractivity contribution >= 4 is 11.2 Å². The minimum Gasteiger partial charge on any atom is -0.339 e. The van der Waals surface area contributed by atoms with Gasteiger partial charge >= 0.3 is 0 Å². The van der Waals surface area contributed by atoms with Crippen LogP contribution in [0.5, 0.6) is 0 Å². The van der Waals surface area contributed by atoms with Crippen molar-refractivity contribution in [3.63, 3.8) is 0 Å². The Morgan fingerprint density at radius 2 is 2.24 bits per heavy atom. The summed E-state index contributed by atoms with van der Waals surface area (Å²) in [6.07, 6.45) is 4.05. The molecule has 0 aliphatic rings. The average Bonchev–Trinajstić information content (AvgIpc) is 2.71. The lowest BCUT2D eigenvalue weighted by Crippen LogP contribution is -1.90. The zero-order valence-electron chi connectivity index (χ0n) is 9.51. The molecule has 0 atom stereocenters. The van der Waals surface area contributed by atoms with E-state index >= 15 is 0 Å². The smallest absolute Gasteiger partial charge is 0.180 e. The minimum absolute atomic E-state index is 0.725. The Kier molecular flexibility index (Phi) is 2.33. The third-order valence-corrected chi connectivity index (χ3v) is 2.67. The average molecular weight is 224 g/mol. The number of aromatic amines is 1. The predicted molar refractivity (Wildman–Crippen MR) is 65.7 cm³/mol. The Morgan fingerprint density at radius 3 is 3.06 bits per heavy atom. The topological polar surface area (TPSA) is 54.5 Å². The zero-order chi connectivity index (χ0) is 11.7. The number of aromatic nitrogens is 4. The summed E-state index contributed by atoms with van der Waals surface area (Å²) in [6, 6.07) is 8.42. The van der Waals surface area contributed by atoms with Crippen molar-refractivity contribution in [2.24, 2.45) is 0 Å². The molecule has 84 valence electrons. The molecular weight excluding hydrogens is 212 g/mol. The van der Waals surface area contributed by atoms with Gasteiger partial charge in [0.1, 0.15) is 17.7 Å². The van der Waals surface area contributed by atoms with Crippen molar-refractivity contribution < 1.29 is 0 Å². The molecule has 4 heteroatoms. The van der Waals surface area contributed by atoms with E-state index in [-0.39, 0.29) is 0 Å². The molecule has 17 heavy (non-hydrogen) atoms. The molecule has 0 saturated heterocycles.